The van der Waals surface area contributed by atoms with Gasteiger partial charge < -0.3 is 9.84 Å². The summed E-state index contributed by atoms with van der Waals surface area (Å²) in [7, 11) is 0. The van der Waals surface area contributed by atoms with Crippen LogP contribution in [-0.2, 0) is 11.3 Å². The molecule has 0 aliphatic carbocycles. The summed E-state index contributed by atoms with van der Waals surface area (Å²) in [5.74, 6) is 5.77. The van der Waals surface area contributed by atoms with Crippen molar-refractivity contribution in [2.75, 3.05) is 19.7 Å². The van der Waals surface area contributed by atoms with Crippen molar-refractivity contribution in [1.29, 1.82) is 0 Å². The third-order valence-electron chi connectivity index (χ3n) is 3.83. The minimum atomic E-state index is -0.0873. The highest BCUT2D eigenvalue weighted by Gasteiger charge is 2.33. The maximum atomic E-state index is 8.82. The fraction of sp³-hybridized carbons (Fsp3) is 0.500. The lowest BCUT2D eigenvalue weighted by Crippen LogP contribution is -2.42. The Bertz CT molecular complexity index is 491. The molecular formula is C16H19NO2. The third kappa shape index (κ3) is 2.98. The first-order chi connectivity index (χ1) is 9.35. The van der Waals surface area contributed by atoms with Crippen LogP contribution in [0.3, 0.4) is 0 Å². The summed E-state index contributed by atoms with van der Waals surface area (Å²) in [4.78, 5) is 2.46. The van der Waals surface area contributed by atoms with Gasteiger partial charge in [0.15, 0.2) is 0 Å². The van der Waals surface area contributed by atoms with Gasteiger partial charge in [0, 0.05) is 25.2 Å². The first-order valence-electron chi connectivity index (χ1n) is 6.90. The number of aliphatic hydroxyl groups excluding tert-OH is 1. The minimum Gasteiger partial charge on any atom is -0.384 e. The zero-order valence-electron chi connectivity index (χ0n) is 11.0. The lowest BCUT2D eigenvalue weighted by atomic mass is 10.1. The second-order valence-corrected chi connectivity index (χ2v) is 5.27. The van der Waals surface area contributed by atoms with Crippen LogP contribution < -0.4 is 0 Å². The van der Waals surface area contributed by atoms with Crippen molar-refractivity contribution in [3.05, 3.63) is 35.4 Å². The first-order valence-corrected chi connectivity index (χ1v) is 6.90. The third-order valence-corrected chi connectivity index (χ3v) is 3.83. The van der Waals surface area contributed by atoms with E-state index in [0.29, 0.717) is 12.2 Å². The van der Waals surface area contributed by atoms with Crippen LogP contribution in [0, 0.1) is 11.8 Å². The number of likely N-dealkylation sites (tertiary alicyclic amines) is 1. The fourth-order valence-electron chi connectivity index (χ4n) is 2.98. The number of rotatable bonds is 2. The maximum absolute atomic E-state index is 8.82. The normalized spacial score (nSPS) is 25.9. The smallest absolute Gasteiger partial charge is 0.104 e. The zero-order chi connectivity index (χ0) is 13.1. The van der Waals surface area contributed by atoms with Gasteiger partial charge in [-0.15, -0.1) is 0 Å². The van der Waals surface area contributed by atoms with Gasteiger partial charge in [-0.05, 0) is 24.5 Å². The molecule has 2 saturated heterocycles. The Hall–Kier alpha value is -1.34. The first kappa shape index (κ1) is 12.7. The van der Waals surface area contributed by atoms with Gasteiger partial charge in [-0.1, -0.05) is 30.0 Å². The summed E-state index contributed by atoms with van der Waals surface area (Å²) >= 11 is 0. The number of hydrogen-bond acceptors (Lipinski definition) is 3. The molecule has 19 heavy (non-hydrogen) atoms. The molecule has 2 heterocycles. The maximum Gasteiger partial charge on any atom is 0.104 e. The molecule has 1 N–H and O–H groups in total. The summed E-state index contributed by atoms with van der Waals surface area (Å²) in [6, 6.07) is 8.19. The number of nitrogens with zero attached hydrogens (tertiary/aromatic N) is 1. The van der Waals surface area contributed by atoms with Gasteiger partial charge in [0.1, 0.15) is 6.61 Å². The molecule has 0 aromatic heterocycles. The summed E-state index contributed by atoms with van der Waals surface area (Å²) in [5, 5.41) is 8.82. The molecule has 3 rings (SSSR count). The van der Waals surface area contributed by atoms with E-state index in [-0.39, 0.29) is 6.61 Å². The van der Waals surface area contributed by atoms with E-state index in [1.807, 2.05) is 12.1 Å². The predicted octanol–water partition coefficient (Wildman–Crippen LogP) is 1.39. The topological polar surface area (TPSA) is 32.7 Å². The lowest BCUT2D eigenvalue weighted by molar-refractivity contribution is -0.0410. The molecule has 0 amide bonds. The minimum absolute atomic E-state index is 0.0873. The standard InChI is InChI=1S/C16H19NO2/c18-9-3-6-13-4-1-2-5-14(13)10-17-11-15-7-8-16(12-17)19-15/h1-2,4-5,15-16,18H,7-12H2. The number of morpholine rings is 1. The molecule has 2 atom stereocenters. The number of hydrogen-bond donors (Lipinski definition) is 1. The van der Waals surface area contributed by atoms with Crippen LogP contribution in [0.4, 0.5) is 0 Å². The molecule has 100 valence electrons. The van der Waals surface area contributed by atoms with E-state index in [9.17, 15) is 0 Å². The molecule has 1 aromatic carbocycles. The van der Waals surface area contributed by atoms with Crippen LogP contribution in [0.25, 0.3) is 0 Å². The van der Waals surface area contributed by atoms with Crippen molar-refractivity contribution < 1.29 is 9.84 Å². The van der Waals surface area contributed by atoms with Crippen LogP contribution in [0.5, 0.6) is 0 Å². The molecule has 1 aromatic rings. The van der Waals surface area contributed by atoms with Crippen molar-refractivity contribution in [2.45, 2.75) is 31.6 Å². The Kier molecular flexibility index (Phi) is 3.84. The Balaban J connectivity index is 1.72. The highest BCUT2D eigenvalue weighted by Crippen LogP contribution is 2.27. The van der Waals surface area contributed by atoms with Crippen molar-refractivity contribution in [2.24, 2.45) is 0 Å². The zero-order valence-corrected chi connectivity index (χ0v) is 11.0. The van der Waals surface area contributed by atoms with Gasteiger partial charge in [-0.2, -0.15) is 0 Å². The van der Waals surface area contributed by atoms with E-state index in [2.05, 4.69) is 28.9 Å². The van der Waals surface area contributed by atoms with E-state index in [1.165, 1.54) is 18.4 Å². The Morgan fingerprint density at radius 2 is 1.95 bits per heavy atom. The van der Waals surface area contributed by atoms with E-state index < -0.39 is 0 Å². The Labute approximate surface area is 114 Å². The summed E-state index contributed by atoms with van der Waals surface area (Å²) in [6.45, 7) is 2.89. The van der Waals surface area contributed by atoms with Crippen molar-refractivity contribution in [1.82, 2.24) is 4.90 Å². The van der Waals surface area contributed by atoms with Gasteiger partial charge in [-0.3, -0.25) is 4.90 Å². The van der Waals surface area contributed by atoms with Crippen molar-refractivity contribution in [3.8, 4) is 11.8 Å². The van der Waals surface area contributed by atoms with Crippen LogP contribution >= 0.6 is 0 Å². The van der Waals surface area contributed by atoms with Gasteiger partial charge in [0.2, 0.25) is 0 Å². The van der Waals surface area contributed by atoms with Gasteiger partial charge in [0.25, 0.3) is 0 Å². The van der Waals surface area contributed by atoms with E-state index >= 15 is 0 Å². The quantitative estimate of drug-likeness (QED) is 0.813. The molecule has 0 spiro atoms. The second-order valence-electron chi connectivity index (χ2n) is 5.27. The van der Waals surface area contributed by atoms with E-state index in [1.54, 1.807) is 0 Å². The lowest BCUT2D eigenvalue weighted by Gasteiger charge is -2.32. The van der Waals surface area contributed by atoms with Crippen LogP contribution in [0.1, 0.15) is 24.0 Å². The number of aliphatic hydroxyl groups is 1. The van der Waals surface area contributed by atoms with E-state index in [4.69, 9.17) is 9.84 Å². The summed E-state index contributed by atoms with van der Waals surface area (Å²) in [6.07, 6.45) is 3.25. The summed E-state index contributed by atoms with van der Waals surface area (Å²) < 4.78 is 5.86. The van der Waals surface area contributed by atoms with Crippen LogP contribution in [-0.4, -0.2) is 41.9 Å². The SMILES string of the molecule is OCC#Cc1ccccc1CN1CC2CCC(C1)O2. The molecule has 0 saturated carbocycles. The monoisotopic (exact) mass is 257 g/mol. The molecule has 2 unspecified atom stereocenters. The predicted molar refractivity (Wildman–Crippen MR) is 73.6 cm³/mol. The largest absolute Gasteiger partial charge is 0.384 e. The summed E-state index contributed by atoms with van der Waals surface area (Å²) in [5.41, 5.74) is 2.26. The van der Waals surface area contributed by atoms with Gasteiger partial charge in [-0.25, -0.2) is 0 Å². The molecule has 2 bridgehead atoms. The molecule has 2 aliphatic rings. The number of fused-ring (bicyclic) bond motifs is 2. The van der Waals surface area contributed by atoms with Crippen LogP contribution in [0.2, 0.25) is 0 Å². The Morgan fingerprint density at radius 3 is 2.68 bits per heavy atom. The molecule has 2 fully saturated rings. The van der Waals surface area contributed by atoms with Crippen molar-refractivity contribution >= 4 is 0 Å². The molecule has 3 heteroatoms. The highest BCUT2D eigenvalue weighted by molar-refractivity contribution is 5.41. The Morgan fingerprint density at radius 1 is 1.21 bits per heavy atom. The number of benzene rings is 1. The van der Waals surface area contributed by atoms with Gasteiger partial charge in [0.05, 0.1) is 12.2 Å². The molecule has 3 nitrogen and oxygen atoms in total. The van der Waals surface area contributed by atoms with Gasteiger partial charge >= 0.3 is 0 Å². The van der Waals surface area contributed by atoms with E-state index in [0.717, 1.165) is 25.2 Å². The molecular weight excluding hydrogens is 238 g/mol. The average molecular weight is 257 g/mol. The molecule has 0 radical (unpaired) electrons. The fourth-order valence-corrected chi connectivity index (χ4v) is 2.98. The van der Waals surface area contributed by atoms with Crippen LogP contribution in [0.15, 0.2) is 24.3 Å². The molecule has 2 aliphatic heterocycles. The highest BCUT2D eigenvalue weighted by atomic mass is 16.5. The second kappa shape index (κ2) is 5.75. The van der Waals surface area contributed by atoms with Crippen molar-refractivity contribution in [3.63, 3.8) is 0 Å². The average Bonchev–Trinajstić information content (AvgIpc) is 2.77. The number of ether oxygens (including phenoxy) is 1.